The van der Waals surface area contributed by atoms with Crippen molar-refractivity contribution in [2.45, 2.75) is 13.5 Å². The van der Waals surface area contributed by atoms with E-state index >= 15 is 0 Å². The normalized spacial score (nSPS) is 11.3. The van der Waals surface area contributed by atoms with E-state index in [9.17, 15) is 8.78 Å². The summed E-state index contributed by atoms with van der Waals surface area (Å²) in [6.45, 7) is -0.792. The van der Waals surface area contributed by atoms with Crippen LogP contribution in [0.2, 0.25) is 0 Å². The molecule has 108 valence electrons. The van der Waals surface area contributed by atoms with Gasteiger partial charge in [0, 0.05) is 12.6 Å². The summed E-state index contributed by atoms with van der Waals surface area (Å²) in [6, 6.07) is 12.6. The number of aromatic nitrogens is 2. The van der Waals surface area contributed by atoms with Crippen molar-refractivity contribution in [1.29, 1.82) is 0 Å². The Morgan fingerprint density at radius 2 is 1.81 bits per heavy atom. The number of benzene rings is 2. The lowest BCUT2D eigenvalue weighted by Crippen LogP contribution is -2.01. The van der Waals surface area contributed by atoms with Crippen LogP contribution in [-0.4, -0.2) is 16.2 Å². The molecule has 0 N–H and O–H groups in total. The number of fused-ring (bicyclic) bond motifs is 1. The van der Waals surface area contributed by atoms with Crippen LogP contribution in [-0.2, 0) is 7.05 Å². The van der Waals surface area contributed by atoms with Gasteiger partial charge >= 0.3 is 6.61 Å². The van der Waals surface area contributed by atoms with Gasteiger partial charge in [0.1, 0.15) is 11.6 Å². The third kappa shape index (κ3) is 2.59. The van der Waals surface area contributed by atoms with Crippen molar-refractivity contribution in [3.8, 4) is 17.1 Å². The van der Waals surface area contributed by atoms with Crippen LogP contribution in [0.25, 0.3) is 22.4 Å². The van der Waals surface area contributed by atoms with Gasteiger partial charge in [-0.05, 0) is 48.9 Å². The van der Waals surface area contributed by atoms with Gasteiger partial charge in [-0.15, -0.1) is 0 Å². The minimum atomic E-state index is -2.81. The van der Waals surface area contributed by atoms with Gasteiger partial charge in [0.05, 0.1) is 11.0 Å². The summed E-state index contributed by atoms with van der Waals surface area (Å²) < 4.78 is 30.6. The molecule has 0 saturated carbocycles. The van der Waals surface area contributed by atoms with Gasteiger partial charge < -0.3 is 9.30 Å². The number of hydrogen-bond donors (Lipinski definition) is 0. The van der Waals surface area contributed by atoms with Crippen LogP contribution < -0.4 is 4.74 Å². The van der Waals surface area contributed by atoms with Crippen LogP contribution in [0.4, 0.5) is 8.78 Å². The van der Waals surface area contributed by atoms with E-state index in [4.69, 9.17) is 0 Å². The molecule has 2 aromatic carbocycles. The first-order chi connectivity index (χ1) is 10.0. The lowest BCUT2D eigenvalue weighted by molar-refractivity contribution is -0.0498. The summed E-state index contributed by atoms with van der Waals surface area (Å²) in [6.07, 6.45) is 0. The van der Waals surface area contributed by atoms with E-state index in [1.807, 2.05) is 36.7 Å². The summed E-state index contributed by atoms with van der Waals surface area (Å²) in [4.78, 5) is 4.61. The van der Waals surface area contributed by atoms with Crippen molar-refractivity contribution < 1.29 is 13.5 Å². The summed E-state index contributed by atoms with van der Waals surface area (Å²) >= 11 is 0. The molecular formula is C16H14F2N2O. The van der Waals surface area contributed by atoms with Crippen LogP contribution in [0.1, 0.15) is 5.56 Å². The van der Waals surface area contributed by atoms with E-state index < -0.39 is 6.61 Å². The molecule has 0 aliphatic carbocycles. The van der Waals surface area contributed by atoms with Crippen LogP contribution in [0.3, 0.4) is 0 Å². The standard InChI is InChI=1S/C16H14F2N2O/c1-10-3-8-14-13(9-10)19-15(20(14)2)11-4-6-12(7-5-11)21-16(17)18/h3-9,16H,1-2H3. The maximum Gasteiger partial charge on any atom is 0.387 e. The van der Waals surface area contributed by atoms with E-state index in [-0.39, 0.29) is 5.75 Å². The minimum Gasteiger partial charge on any atom is -0.435 e. The molecule has 0 radical (unpaired) electrons. The van der Waals surface area contributed by atoms with Crippen molar-refractivity contribution in [2.24, 2.45) is 7.05 Å². The molecule has 21 heavy (non-hydrogen) atoms. The second kappa shape index (κ2) is 5.16. The van der Waals surface area contributed by atoms with E-state index in [0.717, 1.165) is 28.0 Å². The summed E-state index contributed by atoms with van der Waals surface area (Å²) in [5.41, 5.74) is 3.95. The minimum absolute atomic E-state index is 0.142. The molecule has 3 rings (SSSR count). The van der Waals surface area contributed by atoms with Gasteiger partial charge in [0.15, 0.2) is 0 Å². The molecule has 0 amide bonds. The number of aryl methyl sites for hydroxylation is 2. The van der Waals surface area contributed by atoms with Crippen molar-refractivity contribution in [2.75, 3.05) is 0 Å². The van der Waals surface area contributed by atoms with Crippen molar-refractivity contribution in [1.82, 2.24) is 9.55 Å². The molecule has 1 heterocycles. The van der Waals surface area contributed by atoms with Crippen LogP contribution in [0, 0.1) is 6.92 Å². The molecule has 0 atom stereocenters. The second-order valence-electron chi connectivity index (χ2n) is 4.89. The molecule has 0 aliphatic rings. The molecule has 3 nitrogen and oxygen atoms in total. The topological polar surface area (TPSA) is 27.1 Å². The average Bonchev–Trinajstić information content (AvgIpc) is 2.75. The highest BCUT2D eigenvalue weighted by atomic mass is 19.3. The number of imidazole rings is 1. The number of rotatable bonds is 3. The lowest BCUT2D eigenvalue weighted by Gasteiger charge is -2.06. The molecule has 0 spiro atoms. The van der Waals surface area contributed by atoms with Crippen molar-refractivity contribution >= 4 is 11.0 Å². The second-order valence-corrected chi connectivity index (χ2v) is 4.89. The number of hydrogen-bond acceptors (Lipinski definition) is 2. The number of nitrogens with zero attached hydrogens (tertiary/aromatic N) is 2. The van der Waals surface area contributed by atoms with Gasteiger partial charge in [-0.3, -0.25) is 0 Å². The highest BCUT2D eigenvalue weighted by molar-refractivity contribution is 5.81. The zero-order chi connectivity index (χ0) is 15.0. The van der Waals surface area contributed by atoms with E-state index in [2.05, 4.69) is 9.72 Å². The van der Waals surface area contributed by atoms with Gasteiger partial charge in [-0.2, -0.15) is 8.78 Å². The maximum absolute atomic E-state index is 12.1. The van der Waals surface area contributed by atoms with Gasteiger partial charge in [-0.1, -0.05) is 6.07 Å². The van der Waals surface area contributed by atoms with Crippen molar-refractivity contribution in [3.05, 3.63) is 48.0 Å². The first-order valence-corrected chi connectivity index (χ1v) is 6.53. The van der Waals surface area contributed by atoms with Crippen LogP contribution >= 0.6 is 0 Å². The maximum atomic E-state index is 12.1. The summed E-state index contributed by atoms with van der Waals surface area (Å²) in [5.74, 6) is 0.933. The fraction of sp³-hybridized carbons (Fsp3) is 0.188. The van der Waals surface area contributed by atoms with Crippen LogP contribution in [0.5, 0.6) is 5.75 Å². The molecular weight excluding hydrogens is 274 g/mol. The Hall–Kier alpha value is -2.43. The van der Waals surface area contributed by atoms with Crippen LogP contribution in [0.15, 0.2) is 42.5 Å². The summed E-state index contributed by atoms with van der Waals surface area (Å²) in [5, 5.41) is 0. The average molecular weight is 288 g/mol. The van der Waals surface area contributed by atoms with E-state index in [1.54, 1.807) is 12.1 Å². The van der Waals surface area contributed by atoms with Crippen molar-refractivity contribution in [3.63, 3.8) is 0 Å². The third-order valence-electron chi connectivity index (χ3n) is 3.37. The molecule has 0 unspecified atom stereocenters. The highest BCUT2D eigenvalue weighted by Crippen LogP contribution is 2.26. The Morgan fingerprint density at radius 1 is 1.10 bits per heavy atom. The molecule has 1 aromatic heterocycles. The quantitative estimate of drug-likeness (QED) is 0.724. The number of halogens is 2. The first kappa shape index (κ1) is 13.5. The number of alkyl halides is 2. The zero-order valence-corrected chi connectivity index (χ0v) is 11.7. The molecule has 3 aromatic rings. The molecule has 5 heteroatoms. The van der Waals surface area contributed by atoms with Gasteiger partial charge in [0.2, 0.25) is 0 Å². The molecule has 0 bridgehead atoms. The highest BCUT2D eigenvalue weighted by Gasteiger charge is 2.10. The fourth-order valence-corrected chi connectivity index (χ4v) is 2.35. The largest absolute Gasteiger partial charge is 0.435 e. The molecule has 0 saturated heterocycles. The van der Waals surface area contributed by atoms with Gasteiger partial charge in [-0.25, -0.2) is 4.98 Å². The monoisotopic (exact) mass is 288 g/mol. The fourth-order valence-electron chi connectivity index (χ4n) is 2.35. The Bertz CT molecular complexity index is 779. The van der Waals surface area contributed by atoms with E-state index in [0.29, 0.717) is 0 Å². The Balaban J connectivity index is 2.02. The summed E-state index contributed by atoms with van der Waals surface area (Å²) in [7, 11) is 1.93. The van der Waals surface area contributed by atoms with E-state index in [1.165, 1.54) is 12.1 Å². The zero-order valence-electron chi connectivity index (χ0n) is 11.7. The predicted molar refractivity (Wildman–Crippen MR) is 77.5 cm³/mol. The Labute approximate surface area is 120 Å². The smallest absolute Gasteiger partial charge is 0.387 e. The SMILES string of the molecule is Cc1ccc2c(c1)nc(-c1ccc(OC(F)F)cc1)n2C. The predicted octanol–water partition coefficient (Wildman–Crippen LogP) is 4.15. The molecule has 0 aliphatic heterocycles. The number of ether oxygens (including phenoxy) is 1. The Kier molecular flexibility index (Phi) is 3.33. The Morgan fingerprint density at radius 3 is 2.48 bits per heavy atom. The molecule has 0 fully saturated rings. The van der Waals surface area contributed by atoms with Gasteiger partial charge in [0.25, 0.3) is 0 Å². The third-order valence-corrected chi connectivity index (χ3v) is 3.37. The lowest BCUT2D eigenvalue weighted by atomic mass is 10.2. The first-order valence-electron chi connectivity index (χ1n) is 6.53.